The summed E-state index contributed by atoms with van der Waals surface area (Å²) >= 11 is 0. The lowest BCUT2D eigenvalue weighted by Crippen LogP contribution is -2.18. The number of hydrogen-bond donors (Lipinski definition) is 2. The summed E-state index contributed by atoms with van der Waals surface area (Å²) in [5.74, 6) is 1.02. The van der Waals surface area contributed by atoms with Gasteiger partial charge in [-0.3, -0.25) is 0 Å². The Hall–Kier alpha value is -1.78. The molecule has 5 heteroatoms. The molecule has 0 aromatic carbocycles. The molecule has 1 aliphatic rings. The largest absolute Gasteiger partial charge is 0.477 e. The first kappa shape index (κ1) is 14.6. The first-order valence-electron chi connectivity index (χ1n) is 7.29. The van der Waals surface area contributed by atoms with Gasteiger partial charge in [0.1, 0.15) is 0 Å². The summed E-state index contributed by atoms with van der Waals surface area (Å²) < 4.78 is 5.82. The highest BCUT2D eigenvalue weighted by atomic mass is 16.5. The van der Waals surface area contributed by atoms with Crippen molar-refractivity contribution in [3.05, 3.63) is 22.9 Å². The van der Waals surface area contributed by atoms with Gasteiger partial charge in [-0.05, 0) is 43.2 Å². The maximum Gasteiger partial charge on any atom is 0.224 e. The van der Waals surface area contributed by atoms with Crippen molar-refractivity contribution in [3.63, 3.8) is 0 Å². The van der Waals surface area contributed by atoms with Crippen LogP contribution in [0, 0.1) is 5.92 Å². The Morgan fingerprint density at radius 1 is 1.55 bits per heavy atom. The van der Waals surface area contributed by atoms with Crippen LogP contribution in [0.1, 0.15) is 49.9 Å². The van der Waals surface area contributed by atoms with E-state index < -0.39 is 0 Å². The third-order valence-corrected chi connectivity index (χ3v) is 3.69. The summed E-state index contributed by atoms with van der Waals surface area (Å²) in [5, 5.41) is 12.0. The molecule has 20 heavy (non-hydrogen) atoms. The zero-order chi connectivity index (χ0) is 14.5. The normalized spacial score (nSPS) is 16.0. The van der Waals surface area contributed by atoms with E-state index in [1.54, 1.807) is 0 Å². The van der Waals surface area contributed by atoms with E-state index in [-0.39, 0.29) is 5.84 Å². The molecule has 0 spiro atoms. The molecule has 0 saturated heterocycles. The van der Waals surface area contributed by atoms with E-state index in [4.69, 9.17) is 15.7 Å². The first-order valence-corrected chi connectivity index (χ1v) is 7.29. The van der Waals surface area contributed by atoms with Crippen molar-refractivity contribution in [3.8, 4) is 5.88 Å². The van der Waals surface area contributed by atoms with Crippen molar-refractivity contribution < 1.29 is 9.94 Å². The average molecular weight is 277 g/mol. The van der Waals surface area contributed by atoms with E-state index in [2.05, 4.69) is 24.0 Å². The van der Waals surface area contributed by atoms with Crippen LogP contribution in [-0.4, -0.2) is 22.6 Å². The van der Waals surface area contributed by atoms with E-state index in [9.17, 15) is 0 Å². The molecular weight excluding hydrogens is 254 g/mol. The Morgan fingerprint density at radius 2 is 2.35 bits per heavy atom. The lowest BCUT2D eigenvalue weighted by atomic mass is 10.1. The van der Waals surface area contributed by atoms with Gasteiger partial charge in [0.05, 0.1) is 12.2 Å². The lowest BCUT2D eigenvalue weighted by Gasteiger charge is -2.15. The minimum atomic E-state index is 0.0605. The molecule has 0 radical (unpaired) electrons. The van der Waals surface area contributed by atoms with Gasteiger partial charge < -0.3 is 15.7 Å². The lowest BCUT2D eigenvalue weighted by molar-refractivity contribution is 0.242. The molecule has 0 aliphatic heterocycles. The minimum Gasteiger partial charge on any atom is -0.477 e. The molecule has 1 aromatic rings. The van der Waals surface area contributed by atoms with Gasteiger partial charge in [-0.1, -0.05) is 25.4 Å². The van der Waals surface area contributed by atoms with E-state index >= 15 is 0 Å². The number of ether oxygens (including phenoxy) is 1. The topological polar surface area (TPSA) is 80.7 Å². The molecule has 0 bridgehead atoms. The fraction of sp³-hybridized carbons (Fsp3) is 0.600. The SMILES string of the molecule is CCCC(C)COc1nc2c(cc1C(N)=NO)CCC2. The fourth-order valence-corrected chi connectivity index (χ4v) is 2.60. The van der Waals surface area contributed by atoms with Crippen molar-refractivity contribution >= 4 is 5.84 Å². The molecule has 110 valence electrons. The number of pyridine rings is 1. The Bertz CT molecular complexity index is 500. The summed E-state index contributed by atoms with van der Waals surface area (Å²) in [6, 6.07) is 1.95. The van der Waals surface area contributed by atoms with Crippen LogP contribution in [0.4, 0.5) is 0 Å². The summed E-state index contributed by atoms with van der Waals surface area (Å²) in [7, 11) is 0. The number of nitrogens with two attached hydrogens (primary N) is 1. The van der Waals surface area contributed by atoms with Crippen LogP contribution >= 0.6 is 0 Å². The highest BCUT2D eigenvalue weighted by Crippen LogP contribution is 2.27. The zero-order valence-electron chi connectivity index (χ0n) is 12.2. The quantitative estimate of drug-likeness (QED) is 0.362. The molecule has 0 amide bonds. The monoisotopic (exact) mass is 277 g/mol. The van der Waals surface area contributed by atoms with Gasteiger partial charge in [0.25, 0.3) is 0 Å². The molecule has 2 rings (SSSR count). The van der Waals surface area contributed by atoms with Crippen LogP contribution in [0.25, 0.3) is 0 Å². The molecule has 1 atom stereocenters. The number of fused-ring (bicyclic) bond motifs is 1. The number of rotatable bonds is 6. The minimum absolute atomic E-state index is 0.0605. The maximum absolute atomic E-state index is 8.90. The van der Waals surface area contributed by atoms with Gasteiger partial charge in [0.15, 0.2) is 5.84 Å². The number of nitrogens with zero attached hydrogens (tertiary/aromatic N) is 2. The molecular formula is C15H23N3O2. The van der Waals surface area contributed by atoms with Crippen molar-refractivity contribution in [2.75, 3.05) is 6.61 Å². The molecule has 1 unspecified atom stereocenters. The fourth-order valence-electron chi connectivity index (χ4n) is 2.60. The van der Waals surface area contributed by atoms with Crippen LogP contribution < -0.4 is 10.5 Å². The van der Waals surface area contributed by atoms with Gasteiger partial charge in [-0.25, -0.2) is 4.98 Å². The van der Waals surface area contributed by atoms with Crippen molar-refractivity contribution in [1.29, 1.82) is 0 Å². The van der Waals surface area contributed by atoms with Crippen LogP contribution in [-0.2, 0) is 12.8 Å². The first-order chi connectivity index (χ1) is 9.65. The Morgan fingerprint density at radius 3 is 3.05 bits per heavy atom. The summed E-state index contributed by atoms with van der Waals surface area (Å²) in [4.78, 5) is 4.56. The van der Waals surface area contributed by atoms with Crippen LogP contribution in [0.3, 0.4) is 0 Å². The molecule has 5 nitrogen and oxygen atoms in total. The number of oxime groups is 1. The Balaban J connectivity index is 2.21. The van der Waals surface area contributed by atoms with Gasteiger partial charge in [0.2, 0.25) is 5.88 Å². The van der Waals surface area contributed by atoms with E-state index in [0.29, 0.717) is 24.0 Å². The van der Waals surface area contributed by atoms with Gasteiger partial charge >= 0.3 is 0 Å². The Kier molecular flexibility index (Phi) is 4.82. The second-order valence-electron chi connectivity index (χ2n) is 5.49. The third kappa shape index (κ3) is 3.21. The van der Waals surface area contributed by atoms with E-state index in [1.165, 1.54) is 5.56 Å². The maximum atomic E-state index is 8.90. The summed E-state index contributed by atoms with van der Waals surface area (Å²) in [6.45, 7) is 4.91. The smallest absolute Gasteiger partial charge is 0.224 e. The molecule has 1 heterocycles. The molecule has 3 N–H and O–H groups in total. The second kappa shape index (κ2) is 6.59. The predicted octanol–water partition coefficient (Wildman–Crippen LogP) is 2.48. The van der Waals surface area contributed by atoms with Crippen molar-refractivity contribution in [1.82, 2.24) is 4.98 Å². The number of amidine groups is 1. The van der Waals surface area contributed by atoms with Crippen LogP contribution in [0.5, 0.6) is 5.88 Å². The van der Waals surface area contributed by atoms with Crippen LogP contribution in [0.2, 0.25) is 0 Å². The highest BCUT2D eigenvalue weighted by Gasteiger charge is 2.19. The van der Waals surface area contributed by atoms with Crippen molar-refractivity contribution in [2.45, 2.75) is 46.0 Å². The van der Waals surface area contributed by atoms with E-state index in [1.807, 2.05) is 6.07 Å². The standard InChI is InChI=1S/C15H23N3O2/c1-3-5-10(2)9-20-15-12(14(16)18-19)8-11-6-4-7-13(11)17-15/h8,10,19H,3-7,9H2,1-2H3,(H2,16,18). The summed E-state index contributed by atoms with van der Waals surface area (Å²) in [5.41, 5.74) is 8.59. The Labute approximate surface area is 119 Å². The highest BCUT2D eigenvalue weighted by molar-refractivity contribution is 5.99. The van der Waals surface area contributed by atoms with Gasteiger partial charge in [-0.2, -0.15) is 0 Å². The number of aryl methyl sites for hydroxylation is 2. The average Bonchev–Trinajstić information content (AvgIpc) is 2.90. The van der Waals surface area contributed by atoms with Gasteiger partial charge in [-0.15, -0.1) is 0 Å². The van der Waals surface area contributed by atoms with Crippen molar-refractivity contribution in [2.24, 2.45) is 16.8 Å². The van der Waals surface area contributed by atoms with E-state index in [0.717, 1.165) is 37.8 Å². The predicted molar refractivity (Wildman–Crippen MR) is 78.3 cm³/mol. The third-order valence-electron chi connectivity index (χ3n) is 3.69. The number of aromatic nitrogens is 1. The molecule has 1 aromatic heterocycles. The zero-order valence-corrected chi connectivity index (χ0v) is 12.2. The number of hydrogen-bond acceptors (Lipinski definition) is 4. The molecule has 0 saturated carbocycles. The van der Waals surface area contributed by atoms with Gasteiger partial charge in [0, 0.05) is 5.69 Å². The van der Waals surface area contributed by atoms with Crippen LogP contribution in [0.15, 0.2) is 11.2 Å². The molecule has 0 fully saturated rings. The second-order valence-corrected chi connectivity index (χ2v) is 5.49. The summed E-state index contributed by atoms with van der Waals surface area (Å²) in [6.07, 6.45) is 5.33. The molecule has 1 aliphatic carbocycles.